The van der Waals surface area contributed by atoms with Crippen LogP contribution in [0, 0.1) is 10.8 Å². The first-order chi connectivity index (χ1) is 31.6. The summed E-state index contributed by atoms with van der Waals surface area (Å²) < 4.78 is 36.1. The Bertz CT molecular complexity index is 2200. The third-order valence-electron chi connectivity index (χ3n) is 11.4. The zero-order valence-electron chi connectivity index (χ0n) is 37.7. The van der Waals surface area contributed by atoms with Crippen LogP contribution in [0.1, 0.15) is 103 Å². The minimum Gasteiger partial charge on any atom is -0.493 e. The van der Waals surface area contributed by atoms with E-state index in [1.54, 1.807) is 46.2 Å². The van der Waals surface area contributed by atoms with E-state index in [-0.39, 0.29) is 56.2 Å². The van der Waals surface area contributed by atoms with Crippen LogP contribution in [0.3, 0.4) is 0 Å². The molecule has 0 radical (unpaired) electrons. The largest absolute Gasteiger partial charge is 0.493 e. The molecule has 344 valence electrons. The third-order valence-corrected chi connectivity index (χ3v) is 11.4. The van der Waals surface area contributed by atoms with Crippen molar-refractivity contribution in [3.8, 4) is 34.5 Å². The topological polar surface area (TPSA) is 185 Å². The van der Waals surface area contributed by atoms with Gasteiger partial charge in [0.25, 0.3) is 11.8 Å². The predicted octanol–water partition coefficient (Wildman–Crippen LogP) is 8.25. The molecular formula is C50H60N6O9. The minimum atomic E-state index is -0.221. The fourth-order valence-corrected chi connectivity index (χ4v) is 7.84. The van der Waals surface area contributed by atoms with Gasteiger partial charge in [0.05, 0.1) is 32.0 Å². The maximum Gasteiger partial charge on any atom is 0.254 e. The zero-order valence-corrected chi connectivity index (χ0v) is 37.7. The van der Waals surface area contributed by atoms with Crippen LogP contribution in [0.25, 0.3) is 0 Å². The molecule has 4 aromatic rings. The molecule has 0 spiro atoms. The highest BCUT2D eigenvalue weighted by atomic mass is 16.5. The average molecular weight is 889 g/mol. The van der Waals surface area contributed by atoms with Crippen LogP contribution >= 0.6 is 0 Å². The second-order valence-electron chi connectivity index (χ2n) is 16.0. The lowest BCUT2D eigenvalue weighted by Gasteiger charge is -2.33. The SMILES string of the molecule is CCCC(=O)N/N=C(\C)c1ccc(OCCOc2cc(COc3ccc(C(=O)N4CCCC[C@H]4C=N)cc3OC)cc(COc3ccc(C(=O)N4CCCC[C@H]4C=N)cc3OC)c2)cc1. The van der Waals surface area contributed by atoms with E-state index < -0.39 is 0 Å². The highest BCUT2D eigenvalue weighted by Gasteiger charge is 2.28. The number of piperidine rings is 2. The fourth-order valence-electron chi connectivity index (χ4n) is 7.84. The highest BCUT2D eigenvalue weighted by Crippen LogP contribution is 2.33. The molecule has 2 aliphatic rings. The second kappa shape index (κ2) is 23.7. The predicted molar refractivity (Wildman–Crippen MR) is 249 cm³/mol. The van der Waals surface area contributed by atoms with Gasteiger partial charge < -0.3 is 49.0 Å². The molecule has 2 aliphatic heterocycles. The van der Waals surface area contributed by atoms with Crippen molar-refractivity contribution in [1.82, 2.24) is 15.2 Å². The van der Waals surface area contributed by atoms with Gasteiger partial charge in [0.2, 0.25) is 5.91 Å². The van der Waals surface area contributed by atoms with Gasteiger partial charge in [-0.2, -0.15) is 5.10 Å². The molecule has 6 rings (SSSR count). The highest BCUT2D eigenvalue weighted by molar-refractivity contribution is 5.99. The molecule has 2 heterocycles. The van der Waals surface area contributed by atoms with Crippen molar-refractivity contribution in [3.05, 3.63) is 107 Å². The molecule has 0 saturated carbocycles. The van der Waals surface area contributed by atoms with Crippen molar-refractivity contribution in [3.63, 3.8) is 0 Å². The molecule has 2 saturated heterocycles. The lowest BCUT2D eigenvalue weighted by Crippen LogP contribution is -2.44. The van der Waals surface area contributed by atoms with Crippen molar-refractivity contribution in [2.45, 2.75) is 90.5 Å². The molecule has 0 unspecified atom stereocenters. The van der Waals surface area contributed by atoms with E-state index in [0.717, 1.165) is 61.6 Å². The van der Waals surface area contributed by atoms with E-state index in [1.807, 2.05) is 56.3 Å². The smallest absolute Gasteiger partial charge is 0.254 e. The standard InChI is InChI=1S/C50H60N6O9/c1-5-10-48(57)54-53-34(2)37-13-17-42(18-14-37)62-23-24-63-43-26-35(32-64-44-19-15-38(28-46(44)60-3)49(58)55-21-8-6-11-40(55)30-51)25-36(27-43)33-65-45-20-16-39(29-47(45)61-4)50(59)56-22-9-7-12-41(56)31-52/h13-20,25-31,40-41,51-52H,5-12,21-24,32-33H2,1-4H3,(H,54,57)/b51-30?,52-31?,53-34+/t40-,41-/m0/s1. The van der Waals surface area contributed by atoms with Gasteiger partial charge in [0.1, 0.15) is 37.9 Å². The first kappa shape index (κ1) is 47.6. The van der Waals surface area contributed by atoms with Crippen LogP contribution in [0.2, 0.25) is 0 Å². The molecule has 0 aliphatic carbocycles. The van der Waals surface area contributed by atoms with Gasteiger partial charge in [-0.05, 0) is 147 Å². The summed E-state index contributed by atoms with van der Waals surface area (Å²) in [6, 6.07) is 22.9. The summed E-state index contributed by atoms with van der Waals surface area (Å²) in [5, 5.41) is 19.8. The fraction of sp³-hybridized carbons (Fsp3) is 0.400. The van der Waals surface area contributed by atoms with Crippen molar-refractivity contribution < 1.29 is 42.8 Å². The third kappa shape index (κ3) is 12.9. The van der Waals surface area contributed by atoms with Gasteiger partial charge in [-0.1, -0.05) is 6.92 Å². The quantitative estimate of drug-likeness (QED) is 0.0421. The number of benzene rings is 4. The number of ether oxygens (including phenoxy) is 6. The number of amides is 3. The number of nitrogens with zero attached hydrogens (tertiary/aromatic N) is 3. The van der Waals surface area contributed by atoms with Crippen LogP contribution in [0.15, 0.2) is 84.0 Å². The molecular weight excluding hydrogens is 829 g/mol. The molecule has 4 aromatic carbocycles. The first-order valence-electron chi connectivity index (χ1n) is 22.2. The molecule has 3 amide bonds. The van der Waals surface area contributed by atoms with E-state index in [1.165, 1.54) is 26.6 Å². The van der Waals surface area contributed by atoms with Crippen LogP contribution in [0.4, 0.5) is 0 Å². The minimum absolute atomic E-state index is 0.123. The van der Waals surface area contributed by atoms with E-state index in [2.05, 4.69) is 10.5 Å². The maximum atomic E-state index is 13.5. The van der Waals surface area contributed by atoms with Crippen molar-refractivity contribution in [1.29, 1.82) is 10.8 Å². The molecule has 15 heteroatoms. The van der Waals surface area contributed by atoms with Gasteiger partial charge in [-0.3, -0.25) is 14.4 Å². The Morgan fingerprint density at radius 3 is 1.62 bits per heavy atom. The molecule has 3 N–H and O–H groups in total. The second-order valence-corrected chi connectivity index (χ2v) is 16.0. The molecule has 2 atom stereocenters. The van der Waals surface area contributed by atoms with E-state index in [4.69, 9.17) is 39.2 Å². The van der Waals surface area contributed by atoms with E-state index in [9.17, 15) is 14.4 Å². The number of hydrazone groups is 1. The van der Waals surface area contributed by atoms with E-state index in [0.29, 0.717) is 70.8 Å². The Hall–Kier alpha value is -6.90. The van der Waals surface area contributed by atoms with Gasteiger partial charge in [-0.25, -0.2) is 5.43 Å². The lowest BCUT2D eigenvalue weighted by atomic mass is 10.0. The van der Waals surface area contributed by atoms with Gasteiger partial charge in [0, 0.05) is 43.1 Å². The van der Waals surface area contributed by atoms with Crippen LogP contribution < -0.4 is 33.8 Å². The Morgan fingerprint density at radius 2 is 1.14 bits per heavy atom. The monoisotopic (exact) mass is 888 g/mol. The summed E-state index contributed by atoms with van der Waals surface area (Å²) in [6.07, 6.45) is 9.16. The summed E-state index contributed by atoms with van der Waals surface area (Å²) in [5.74, 6) is 2.51. The molecule has 0 bridgehead atoms. The van der Waals surface area contributed by atoms with Crippen LogP contribution in [-0.2, 0) is 18.0 Å². The summed E-state index contributed by atoms with van der Waals surface area (Å²) in [6.45, 7) is 5.73. The number of carbonyl (C=O) groups excluding carboxylic acids is 3. The number of rotatable bonds is 21. The average Bonchev–Trinajstić information content (AvgIpc) is 3.35. The number of carbonyl (C=O) groups is 3. The Balaban J connectivity index is 1.15. The Morgan fingerprint density at radius 1 is 0.646 bits per heavy atom. The summed E-state index contributed by atoms with van der Waals surface area (Å²) >= 11 is 0. The molecule has 15 nitrogen and oxygen atoms in total. The lowest BCUT2D eigenvalue weighted by molar-refractivity contribution is -0.121. The van der Waals surface area contributed by atoms with Crippen LogP contribution in [0.5, 0.6) is 34.5 Å². The number of methoxy groups -OCH3 is 2. The van der Waals surface area contributed by atoms with Crippen LogP contribution in [-0.4, -0.2) is 98.3 Å². The van der Waals surface area contributed by atoms with Gasteiger partial charge in [-0.15, -0.1) is 0 Å². The van der Waals surface area contributed by atoms with E-state index >= 15 is 0 Å². The zero-order chi connectivity index (χ0) is 46.1. The Kier molecular flexibility index (Phi) is 17.3. The summed E-state index contributed by atoms with van der Waals surface area (Å²) in [5.41, 5.74) is 6.59. The number of hydrogen-bond donors (Lipinski definition) is 3. The normalized spacial score (nSPS) is 16.2. The number of likely N-dealkylation sites (tertiary alicyclic amines) is 2. The van der Waals surface area contributed by atoms with Crippen molar-refractivity contribution in [2.75, 3.05) is 40.5 Å². The van der Waals surface area contributed by atoms with Crippen molar-refractivity contribution >= 4 is 35.9 Å². The maximum absolute atomic E-state index is 13.5. The summed E-state index contributed by atoms with van der Waals surface area (Å²) in [7, 11) is 3.06. The Labute approximate surface area is 381 Å². The van der Waals surface area contributed by atoms with Gasteiger partial charge in [0.15, 0.2) is 23.0 Å². The number of nitrogens with one attached hydrogen (secondary N) is 3. The molecule has 2 fully saturated rings. The first-order valence-corrected chi connectivity index (χ1v) is 22.2. The molecule has 65 heavy (non-hydrogen) atoms. The number of hydrogen-bond acceptors (Lipinski definition) is 12. The molecule has 0 aromatic heterocycles. The van der Waals surface area contributed by atoms with Gasteiger partial charge >= 0.3 is 0 Å². The van der Waals surface area contributed by atoms with Crippen molar-refractivity contribution in [2.24, 2.45) is 5.10 Å². The summed E-state index contributed by atoms with van der Waals surface area (Å²) in [4.78, 5) is 42.2.